The van der Waals surface area contributed by atoms with Crippen LogP contribution >= 0.6 is 33.5 Å². The van der Waals surface area contributed by atoms with Gasteiger partial charge in [-0.15, -0.1) is 0 Å². The molecule has 0 N–H and O–H groups in total. The van der Waals surface area contributed by atoms with E-state index in [9.17, 15) is 8.42 Å². The van der Waals surface area contributed by atoms with Crippen molar-refractivity contribution in [3.05, 3.63) is 125 Å². The van der Waals surface area contributed by atoms with Crippen molar-refractivity contribution in [3.63, 3.8) is 0 Å². The molecule has 4 aromatic carbocycles. The predicted molar refractivity (Wildman–Crippen MR) is 132 cm³/mol. The molecule has 4 aromatic rings. The SMILES string of the molecule is O=S(=O)(OS(Cc1ccccc1)(c1ccccc1)c1ccccc1)c1cc(Cl)ccc1Cl. The highest BCUT2D eigenvalue weighted by molar-refractivity contribution is 8.32. The summed E-state index contributed by atoms with van der Waals surface area (Å²) in [5.41, 5.74) is 0.961. The maximum absolute atomic E-state index is 13.6. The molecule has 164 valence electrons. The molecule has 4 rings (SSSR count). The average Bonchev–Trinajstić information content (AvgIpc) is 2.82. The highest BCUT2D eigenvalue weighted by Crippen LogP contribution is 2.67. The van der Waals surface area contributed by atoms with Crippen LogP contribution in [0.15, 0.2) is 124 Å². The fourth-order valence-electron chi connectivity index (χ4n) is 3.35. The van der Waals surface area contributed by atoms with Gasteiger partial charge in [-0.2, -0.15) is 8.42 Å². The van der Waals surface area contributed by atoms with E-state index >= 15 is 0 Å². The van der Waals surface area contributed by atoms with Crippen LogP contribution < -0.4 is 0 Å². The van der Waals surface area contributed by atoms with Gasteiger partial charge in [-0.1, -0.05) is 100 Å². The van der Waals surface area contributed by atoms with Gasteiger partial charge in [0.2, 0.25) is 0 Å². The Labute approximate surface area is 200 Å². The summed E-state index contributed by atoms with van der Waals surface area (Å²) >= 11 is 12.3. The van der Waals surface area contributed by atoms with Crippen LogP contribution in [-0.2, 0) is 19.5 Å². The molecule has 3 nitrogen and oxygen atoms in total. The summed E-state index contributed by atoms with van der Waals surface area (Å²) in [6.07, 6.45) is 0. The average molecular weight is 503 g/mol. The highest BCUT2D eigenvalue weighted by Gasteiger charge is 2.37. The van der Waals surface area contributed by atoms with E-state index in [2.05, 4.69) is 0 Å². The normalized spacial score (nSPS) is 12.4. The van der Waals surface area contributed by atoms with Crippen molar-refractivity contribution in [1.29, 1.82) is 0 Å². The van der Waals surface area contributed by atoms with Gasteiger partial charge in [0.1, 0.15) is 4.90 Å². The lowest BCUT2D eigenvalue weighted by Crippen LogP contribution is -2.16. The lowest BCUT2D eigenvalue weighted by Gasteiger charge is -2.39. The van der Waals surface area contributed by atoms with Gasteiger partial charge in [-0.3, -0.25) is 0 Å². The van der Waals surface area contributed by atoms with Gasteiger partial charge in [0, 0.05) is 20.6 Å². The summed E-state index contributed by atoms with van der Waals surface area (Å²) in [6, 6.07) is 33.0. The third-order valence-corrected chi connectivity index (χ3v) is 10.8. The molecule has 0 aliphatic heterocycles. The molecule has 0 unspecified atom stereocenters. The Bertz CT molecular complexity index is 1260. The number of benzene rings is 4. The minimum atomic E-state index is -4.27. The first kappa shape index (κ1) is 22.9. The Hall–Kier alpha value is -2.28. The Kier molecular flexibility index (Phi) is 6.93. The summed E-state index contributed by atoms with van der Waals surface area (Å²) in [5.74, 6) is 0.374. The second-order valence-electron chi connectivity index (χ2n) is 7.03. The molecule has 0 atom stereocenters. The second-order valence-corrected chi connectivity index (χ2v) is 12.3. The topological polar surface area (TPSA) is 43.4 Å². The van der Waals surface area contributed by atoms with E-state index < -0.39 is 20.4 Å². The Morgan fingerprint density at radius 1 is 0.656 bits per heavy atom. The Morgan fingerprint density at radius 3 is 1.69 bits per heavy atom. The summed E-state index contributed by atoms with van der Waals surface area (Å²) in [6.45, 7) is 0. The van der Waals surface area contributed by atoms with E-state index in [1.807, 2.05) is 91.0 Å². The van der Waals surface area contributed by atoms with Crippen LogP contribution in [0.1, 0.15) is 5.56 Å². The molecule has 0 heterocycles. The van der Waals surface area contributed by atoms with Crippen molar-refractivity contribution in [3.8, 4) is 0 Å². The first-order chi connectivity index (χ1) is 15.4. The van der Waals surface area contributed by atoms with Crippen LogP contribution in [0.5, 0.6) is 0 Å². The van der Waals surface area contributed by atoms with Crippen molar-refractivity contribution in [1.82, 2.24) is 0 Å². The van der Waals surface area contributed by atoms with E-state index in [0.29, 0.717) is 5.75 Å². The van der Waals surface area contributed by atoms with Crippen molar-refractivity contribution in [2.75, 3.05) is 0 Å². The summed E-state index contributed by atoms with van der Waals surface area (Å²) < 4.78 is 33.5. The summed E-state index contributed by atoms with van der Waals surface area (Å²) in [5, 5.41) is 0.322. The van der Waals surface area contributed by atoms with Crippen molar-refractivity contribution in [2.24, 2.45) is 0 Å². The van der Waals surface area contributed by atoms with E-state index in [1.54, 1.807) is 6.07 Å². The molecule has 0 aliphatic carbocycles. The van der Waals surface area contributed by atoms with Gasteiger partial charge in [0.05, 0.1) is 5.02 Å². The van der Waals surface area contributed by atoms with E-state index in [1.165, 1.54) is 12.1 Å². The standard InChI is InChI=1S/C25H20Cl2O3S2/c26-21-16-17-24(27)25(18-21)32(28,29)30-31(22-12-6-2-7-13-22,23-14-8-3-9-15-23)19-20-10-4-1-5-11-20/h1-18H,19H2. The summed E-state index contributed by atoms with van der Waals surface area (Å²) in [4.78, 5) is 1.43. The lowest BCUT2D eigenvalue weighted by molar-refractivity contribution is 0.508. The molecule has 0 saturated heterocycles. The second kappa shape index (κ2) is 9.69. The Morgan fingerprint density at radius 2 is 1.16 bits per heavy atom. The quantitative estimate of drug-likeness (QED) is 0.259. The molecule has 0 spiro atoms. The van der Waals surface area contributed by atoms with Gasteiger partial charge in [-0.05, 0) is 48.0 Å². The first-order valence-electron chi connectivity index (χ1n) is 9.77. The van der Waals surface area contributed by atoms with Gasteiger partial charge >= 0.3 is 10.1 Å². The fraction of sp³-hybridized carbons (Fsp3) is 0.0400. The van der Waals surface area contributed by atoms with Crippen molar-refractivity contribution >= 4 is 43.6 Å². The van der Waals surface area contributed by atoms with Gasteiger partial charge < -0.3 is 0 Å². The molecule has 0 radical (unpaired) electrons. The largest absolute Gasteiger partial charge is 0.308 e. The maximum atomic E-state index is 13.6. The van der Waals surface area contributed by atoms with Crippen LogP contribution in [0.3, 0.4) is 0 Å². The van der Waals surface area contributed by atoms with Crippen molar-refractivity contribution in [2.45, 2.75) is 20.4 Å². The third-order valence-electron chi connectivity index (χ3n) is 4.83. The van der Waals surface area contributed by atoms with E-state index in [-0.39, 0.29) is 14.9 Å². The molecule has 0 saturated carbocycles. The molecule has 0 fully saturated rings. The number of halogens is 2. The summed E-state index contributed by atoms with van der Waals surface area (Å²) in [7, 11) is -6.80. The maximum Gasteiger partial charge on any atom is 0.308 e. The minimum Gasteiger partial charge on any atom is -0.207 e. The fourth-order valence-corrected chi connectivity index (χ4v) is 9.37. The van der Waals surface area contributed by atoms with Gasteiger partial charge in [0.15, 0.2) is 0 Å². The third kappa shape index (κ3) is 4.87. The predicted octanol–water partition coefficient (Wildman–Crippen LogP) is 7.74. The van der Waals surface area contributed by atoms with Gasteiger partial charge in [-0.25, -0.2) is 3.63 Å². The van der Waals surface area contributed by atoms with Crippen molar-refractivity contribution < 1.29 is 12.0 Å². The molecule has 0 bridgehead atoms. The van der Waals surface area contributed by atoms with Crippen LogP contribution in [0, 0.1) is 0 Å². The minimum absolute atomic E-state index is 0.0588. The highest BCUT2D eigenvalue weighted by atomic mass is 35.5. The zero-order chi connectivity index (χ0) is 22.6. The van der Waals surface area contributed by atoms with E-state index in [4.69, 9.17) is 26.8 Å². The van der Waals surface area contributed by atoms with Crippen LogP contribution in [-0.4, -0.2) is 8.42 Å². The molecule has 0 aliphatic rings. The number of rotatable bonds is 7. The number of hydrogen-bond donors (Lipinski definition) is 0. The lowest BCUT2D eigenvalue weighted by atomic mass is 10.2. The molecular weight excluding hydrogens is 483 g/mol. The number of hydrogen-bond acceptors (Lipinski definition) is 3. The molecule has 7 heteroatoms. The van der Waals surface area contributed by atoms with Crippen LogP contribution in [0.25, 0.3) is 0 Å². The van der Waals surface area contributed by atoms with Gasteiger partial charge in [0.25, 0.3) is 0 Å². The zero-order valence-corrected chi connectivity index (χ0v) is 20.0. The zero-order valence-electron chi connectivity index (χ0n) is 16.9. The first-order valence-corrected chi connectivity index (χ1v) is 13.7. The van der Waals surface area contributed by atoms with Crippen LogP contribution in [0.4, 0.5) is 0 Å². The van der Waals surface area contributed by atoms with E-state index in [0.717, 1.165) is 15.4 Å². The molecule has 0 aromatic heterocycles. The molecular formula is C25H20Cl2O3S2. The monoisotopic (exact) mass is 502 g/mol. The van der Waals surface area contributed by atoms with Crippen LogP contribution in [0.2, 0.25) is 10.0 Å². The molecule has 32 heavy (non-hydrogen) atoms. The smallest absolute Gasteiger partial charge is 0.207 e. The molecule has 0 amide bonds. The Balaban J connectivity index is 1.95.